The number of unbranched alkanes of at least 4 members (excludes halogenated alkanes) is 3. The number of hydrogen-bond acceptors (Lipinski definition) is 3. The molecule has 5 heteroatoms. The van der Waals surface area contributed by atoms with E-state index in [2.05, 4.69) is 46.4 Å². The first-order valence-electron chi connectivity index (χ1n) is 14.9. The van der Waals surface area contributed by atoms with E-state index in [9.17, 15) is 8.42 Å². The fourth-order valence-electron chi connectivity index (χ4n) is 4.78. The third kappa shape index (κ3) is 16.8. The first-order chi connectivity index (χ1) is 17.1. The topological polar surface area (TPSA) is 57.6 Å². The summed E-state index contributed by atoms with van der Waals surface area (Å²) in [5.41, 5.74) is 0.956. The maximum atomic E-state index is 10.5. The van der Waals surface area contributed by atoms with Gasteiger partial charge in [-0.1, -0.05) is 117 Å². The average Bonchev–Trinajstić information content (AvgIpc) is 2.86. The van der Waals surface area contributed by atoms with E-state index < -0.39 is 10.1 Å². The van der Waals surface area contributed by atoms with Crippen LogP contribution in [0.1, 0.15) is 124 Å². The van der Waals surface area contributed by atoms with E-state index in [1.807, 2.05) is 6.92 Å². The van der Waals surface area contributed by atoms with Crippen LogP contribution in [-0.4, -0.2) is 37.5 Å². The predicted octanol–water partition coefficient (Wildman–Crippen LogP) is 9.18. The Kier molecular flexibility index (Phi) is 20.5. The van der Waals surface area contributed by atoms with Gasteiger partial charge in [0.15, 0.2) is 0 Å². The summed E-state index contributed by atoms with van der Waals surface area (Å²) in [4.78, 5) is 2.82. The minimum absolute atomic E-state index is 0.0666. The van der Waals surface area contributed by atoms with Crippen molar-refractivity contribution in [1.29, 1.82) is 0 Å². The van der Waals surface area contributed by atoms with E-state index in [1.54, 1.807) is 12.1 Å². The van der Waals surface area contributed by atoms with Gasteiger partial charge in [0.1, 0.15) is 0 Å². The van der Waals surface area contributed by atoms with Gasteiger partial charge in [0.05, 0.1) is 4.90 Å². The van der Waals surface area contributed by atoms with Crippen molar-refractivity contribution in [3.8, 4) is 0 Å². The summed E-state index contributed by atoms with van der Waals surface area (Å²) in [7, 11) is -4.02. The Balaban J connectivity index is 0.000000918. The molecule has 212 valence electrons. The van der Waals surface area contributed by atoms with E-state index in [0.717, 1.165) is 23.3 Å². The monoisotopic (exact) mass is 525 g/mol. The van der Waals surface area contributed by atoms with Gasteiger partial charge in [0.2, 0.25) is 0 Å². The van der Waals surface area contributed by atoms with E-state index >= 15 is 0 Å². The summed E-state index contributed by atoms with van der Waals surface area (Å²) in [5.74, 6) is 2.73. The molecular weight excluding hydrogens is 466 g/mol. The maximum Gasteiger partial charge on any atom is 0.294 e. The van der Waals surface area contributed by atoms with Gasteiger partial charge in [-0.2, -0.15) is 8.42 Å². The third-order valence-corrected chi connectivity index (χ3v) is 8.37. The highest BCUT2D eigenvalue weighted by molar-refractivity contribution is 7.85. The number of rotatable bonds is 19. The second-order valence-electron chi connectivity index (χ2n) is 10.8. The number of hydrogen-bond donors (Lipinski definition) is 1. The van der Waals surface area contributed by atoms with Crippen molar-refractivity contribution < 1.29 is 13.0 Å². The van der Waals surface area contributed by atoms with Gasteiger partial charge in [-0.15, -0.1) is 0 Å². The van der Waals surface area contributed by atoms with E-state index in [4.69, 9.17) is 4.55 Å². The third-order valence-electron chi connectivity index (χ3n) is 7.50. The molecule has 0 heterocycles. The standard InChI is InChI=1S/C24H51N.C7H8O3S/c1-7-13-16-22(10-4)19-25(20-23(11-5)17-14-8-2)21-24(12-6)18-15-9-3;1-6-2-4-7(5-3-6)11(8,9)10/h22-24H,7-21H2,1-6H3;2-5H,1H3,(H,8,9,10). The molecule has 36 heavy (non-hydrogen) atoms. The predicted molar refractivity (Wildman–Crippen MR) is 157 cm³/mol. The van der Waals surface area contributed by atoms with Crippen LogP contribution in [0.4, 0.5) is 0 Å². The maximum absolute atomic E-state index is 10.5. The molecule has 4 nitrogen and oxygen atoms in total. The molecule has 0 radical (unpaired) electrons. The molecule has 0 aliphatic rings. The summed E-state index contributed by atoms with van der Waals surface area (Å²) in [6.45, 7) is 20.1. The summed E-state index contributed by atoms with van der Waals surface area (Å²) in [5, 5.41) is 0. The van der Waals surface area contributed by atoms with Crippen LogP contribution in [0.25, 0.3) is 0 Å². The Morgan fingerprint density at radius 1 is 0.667 bits per heavy atom. The van der Waals surface area contributed by atoms with Crippen LogP contribution in [0.5, 0.6) is 0 Å². The van der Waals surface area contributed by atoms with Gasteiger partial charge in [0.25, 0.3) is 10.1 Å². The molecule has 1 N–H and O–H groups in total. The molecule has 0 bridgehead atoms. The second-order valence-corrected chi connectivity index (χ2v) is 12.2. The quantitative estimate of drug-likeness (QED) is 0.183. The van der Waals surface area contributed by atoms with Crippen LogP contribution in [0, 0.1) is 24.7 Å². The molecule has 0 aliphatic carbocycles. The lowest BCUT2D eigenvalue weighted by atomic mass is 9.93. The van der Waals surface area contributed by atoms with Crippen LogP contribution in [0.15, 0.2) is 29.2 Å². The Bertz CT molecular complexity index is 690. The summed E-state index contributed by atoms with van der Waals surface area (Å²) in [6, 6.07) is 5.99. The number of benzene rings is 1. The molecule has 1 aromatic rings. The fraction of sp³-hybridized carbons (Fsp3) is 0.806. The lowest BCUT2D eigenvalue weighted by Crippen LogP contribution is -2.37. The molecule has 0 saturated heterocycles. The molecule has 3 atom stereocenters. The Labute approximate surface area is 225 Å². The lowest BCUT2D eigenvalue weighted by Gasteiger charge is -2.33. The van der Waals surface area contributed by atoms with Crippen LogP contribution < -0.4 is 0 Å². The van der Waals surface area contributed by atoms with Crippen molar-refractivity contribution in [3.63, 3.8) is 0 Å². The average molecular weight is 526 g/mol. The van der Waals surface area contributed by atoms with E-state index in [0.29, 0.717) is 0 Å². The summed E-state index contributed by atoms with van der Waals surface area (Å²) < 4.78 is 29.6. The lowest BCUT2D eigenvalue weighted by molar-refractivity contribution is 0.152. The zero-order valence-electron chi connectivity index (χ0n) is 24.8. The van der Waals surface area contributed by atoms with E-state index in [1.165, 1.54) is 109 Å². The molecular formula is C31H59NO3S. The SMILES string of the molecule is CCCCC(CC)CN(CC(CC)CCCC)CC(CC)CCCC.Cc1ccc(S(=O)(=O)O)cc1. The first kappa shape index (κ1) is 35.1. The van der Waals surface area contributed by atoms with Crippen molar-refractivity contribution in [1.82, 2.24) is 4.90 Å². The zero-order chi connectivity index (χ0) is 27.4. The molecule has 3 unspecified atom stereocenters. The van der Waals surface area contributed by atoms with Gasteiger partial charge in [-0.05, 0) is 56.1 Å². The molecule has 1 rings (SSSR count). The second kappa shape index (κ2) is 21.1. The number of nitrogens with zero attached hydrogens (tertiary/aromatic N) is 1. The summed E-state index contributed by atoms with van der Waals surface area (Å²) >= 11 is 0. The van der Waals surface area contributed by atoms with Gasteiger partial charge in [-0.3, -0.25) is 4.55 Å². The van der Waals surface area contributed by atoms with Crippen LogP contribution in [-0.2, 0) is 10.1 Å². The van der Waals surface area contributed by atoms with Crippen molar-refractivity contribution in [2.24, 2.45) is 17.8 Å². The Morgan fingerprint density at radius 3 is 1.25 bits per heavy atom. The van der Waals surface area contributed by atoms with Crippen molar-refractivity contribution in [2.75, 3.05) is 19.6 Å². The highest BCUT2D eigenvalue weighted by atomic mass is 32.2. The highest BCUT2D eigenvalue weighted by Gasteiger charge is 2.19. The Hall–Kier alpha value is -0.910. The molecule has 0 saturated carbocycles. The highest BCUT2D eigenvalue weighted by Crippen LogP contribution is 2.22. The molecule has 0 spiro atoms. The normalized spacial score (nSPS) is 14.2. The van der Waals surface area contributed by atoms with Gasteiger partial charge < -0.3 is 4.90 Å². The molecule has 0 fully saturated rings. The van der Waals surface area contributed by atoms with Crippen LogP contribution >= 0.6 is 0 Å². The minimum atomic E-state index is -4.02. The largest absolute Gasteiger partial charge is 0.303 e. The molecule has 1 aromatic carbocycles. The van der Waals surface area contributed by atoms with Gasteiger partial charge in [-0.25, -0.2) is 0 Å². The molecule has 0 amide bonds. The number of aryl methyl sites for hydroxylation is 1. The molecule has 0 aromatic heterocycles. The van der Waals surface area contributed by atoms with Gasteiger partial charge >= 0.3 is 0 Å². The smallest absolute Gasteiger partial charge is 0.294 e. The van der Waals surface area contributed by atoms with Crippen molar-refractivity contribution in [2.45, 2.75) is 130 Å². The minimum Gasteiger partial charge on any atom is -0.303 e. The summed E-state index contributed by atoms with van der Waals surface area (Å²) in [6.07, 6.45) is 16.6. The molecule has 0 aliphatic heterocycles. The fourth-order valence-corrected chi connectivity index (χ4v) is 5.26. The van der Waals surface area contributed by atoms with Crippen LogP contribution in [0.3, 0.4) is 0 Å². The van der Waals surface area contributed by atoms with Gasteiger partial charge in [0, 0.05) is 19.6 Å². The van der Waals surface area contributed by atoms with E-state index in [-0.39, 0.29) is 4.90 Å². The van der Waals surface area contributed by atoms with Crippen molar-refractivity contribution in [3.05, 3.63) is 29.8 Å². The van der Waals surface area contributed by atoms with Crippen molar-refractivity contribution >= 4 is 10.1 Å². The first-order valence-corrected chi connectivity index (χ1v) is 16.3. The zero-order valence-corrected chi connectivity index (χ0v) is 25.6. The van der Waals surface area contributed by atoms with Crippen LogP contribution in [0.2, 0.25) is 0 Å². The Morgan fingerprint density at radius 2 is 1.00 bits per heavy atom.